The molecule has 17 heavy (non-hydrogen) atoms. The van der Waals surface area contributed by atoms with Crippen molar-refractivity contribution in [3.63, 3.8) is 0 Å². The second kappa shape index (κ2) is 7.16. The van der Waals surface area contributed by atoms with Crippen LogP contribution in [0.15, 0.2) is 11.0 Å². The van der Waals surface area contributed by atoms with Gasteiger partial charge in [-0.15, -0.1) is 22.9 Å². The van der Waals surface area contributed by atoms with Crippen molar-refractivity contribution in [1.82, 2.24) is 4.72 Å². The number of hydrogen-bond acceptors (Lipinski definition) is 3. The summed E-state index contributed by atoms with van der Waals surface area (Å²) in [5.41, 5.74) is 0. The molecule has 0 aromatic carbocycles. The summed E-state index contributed by atoms with van der Waals surface area (Å²) < 4.78 is 26.7. The Kier molecular flexibility index (Phi) is 6.55. The van der Waals surface area contributed by atoms with Gasteiger partial charge in [0.05, 0.1) is 4.34 Å². The standard InChI is InChI=1S/C9H12Cl3NO2S2/c10-4-2-1-3-5-13-17(14,15)7-6-8(11)16-9(7)12/h6,13H,1-5H2. The fourth-order valence-electron chi connectivity index (χ4n) is 1.19. The summed E-state index contributed by atoms with van der Waals surface area (Å²) in [6, 6.07) is 1.36. The molecule has 3 nitrogen and oxygen atoms in total. The molecule has 1 aromatic heterocycles. The molecular formula is C9H12Cl3NO2S2. The van der Waals surface area contributed by atoms with Gasteiger partial charge in [0, 0.05) is 12.4 Å². The number of alkyl halides is 1. The molecular weight excluding hydrogens is 325 g/mol. The molecule has 0 aliphatic heterocycles. The molecule has 0 aliphatic carbocycles. The van der Waals surface area contributed by atoms with E-state index in [1.165, 1.54) is 6.07 Å². The van der Waals surface area contributed by atoms with Crippen LogP contribution in [0.3, 0.4) is 0 Å². The highest BCUT2D eigenvalue weighted by atomic mass is 35.5. The summed E-state index contributed by atoms with van der Waals surface area (Å²) >= 11 is 18.0. The molecule has 0 bridgehead atoms. The number of rotatable bonds is 7. The van der Waals surface area contributed by atoms with E-state index in [9.17, 15) is 8.42 Å². The second-order valence-corrected chi connectivity index (χ2v) is 7.73. The Labute approximate surface area is 120 Å². The third-order valence-electron chi connectivity index (χ3n) is 2.02. The topological polar surface area (TPSA) is 46.2 Å². The molecule has 0 unspecified atom stereocenters. The maximum absolute atomic E-state index is 11.8. The molecule has 0 fully saturated rings. The van der Waals surface area contributed by atoms with Gasteiger partial charge in [0.25, 0.3) is 0 Å². The van der Waals surface area contributed by atoms with E-state index in [-0.39, 0.29) is 9.23 Å². The molecule has 1 heterocycles. The van der Waals surface area contributed by atoms with E-state index in [1.54, 1.807) is 0 Å². The van der Waals surface area contributed by atoms with Crippen LogP contribution in [0.1, 0.15) is 19.3 Å². The van der Waals surface area contributed by atoms with Gasteiger partial charge in [-0.25, -0.2) is 13.1 Å². The number of thiophene rings is 1. The van der Waals surface area contributed by atoms with Crippen molar-refractivity contribution in [2.75, 3.05) is 12.4 Å². The van der Waals surface area contributed by atoms with E-state index >= 15 is 0 Å². The first-order valence-electron chi connectivity index (χ1n) is 4.98. The van der Waals surface area contributed by atoms with Crippen molar-refractivity contribution in [1.29, 1.82) is 0 Å². The second-order valence-electron chi connectivity index (χ2n) is 3.34. The lowest BCUT2D eigenvalue weighted by atomic mass is 10.2. The molecule has 8 heteroatoms. The molecule has 0 amide bonds. The minimum Gasteiger partial charge on any atom is -0.211 e. The summed E-state index contributed by atoms with van der Waals surface area (Å²) in [7, 11) is -3.55. The predicted octanol–water partition coefficient (Wildman–Crippen LogP) is 3.74. The number of sulfonamides is 1. The largest absolute Gasteiger partial charge is 0.242 e. The van der Waals surface area contributed by atoms with Crippen LogP contribution in [0, 0.1) is 0 Å². The molecule has 1 aromatic rings. The average Bonchev–Trinajstić information content (AvgIpc) is 2.58. The van der Waals surface area contributed by atoms with E-state index < -0.39 is 10.0 Å². The Morgan fingerprint density at radius 3 is 2.47 bits per heavy atom. The average molecular weight is 337 g/mol. The molecule has 1 N–H and O–H groups in total. The highest BCUT2D eigenvalue weighted by Crippen LogP contribution is 2.33. The van der Waals surface area contributed by atoms with Crippen molar-refractivity contribution in [2.45, 2.75) is 24.2 Å². The highest BCUT2D eigenvalue weighted by molar-refractivity contribution is 7.89. The third-order valence-corrected chi connectivity index (χ3v) is 5.50. The van der Waals surface area contributed by atoms with Crippen molar-refractivity contribution >= 4 is 56.2 Å². The molecule has 0 radical (unpaired) electrons. The highest BCUT2D eigenvalue weighted by Gasteiger charge is 2.20. The summed E-state index contributed by atoms with van der Waals surface area (Å²) in [5, 5.41) is 0. The summed E-state index contributed by atoms with van der Waals surface area (Å²) in [4.78, 5) is 0.0477. The SMILES string of the molecule is O=S(=O)(NCCCCCCl)c1cc(Cl)sc1Cl. The van der Waals surface area contributed by atoms with Gasteiger partial charge in [0.15, 0.2) is 0 Å². The van der Waals surface area contributed by atoms with Crippen LogP contribution < -0.4 is 4.72 Å². The number of hydrogen-bond donors (Lipinski definition) is 1. The fraction of sp³-hybridized carbons (Fsp3) is 0.556. The fourth-order valence-corrected chi connectivity index (χ4v) is 4.60. The molecule has 0 saturated heterocycles. The van der Waals surface area contributed by atoms with E-state index in [2.05, 4.69) is 4.72 Å². The van der Waals surface area contributed by atoms with Crippen LogP contribution in [0.5, 0.6) is 0 Å². The molecule has 1 rings (SSSR count). The Bertz CT molecular complexity index is 459. The zero-order valence-corrected chi connectivity index (χ0v) is 12.8. The first-order chi connectivity index (χ1) is 7.97. The Hall–Kier alpha value is 0.480. The van der Waals surface area contributed by atoms with Gasteiger partial charge < -0.3 is 0 Å². The molecule has 0 atom stereocenters. The number of unbranched alkanes of at least 4 members (excludes halogenated alkanes) is 2. The quantitative estimate of drug-likeness (QED) is 0.609. The normalized spacial score (nSPS) is 11.9. The van der Waals surface area contributed by atoms with Gasteiger partial charge in [-0.2, -0.15) is 0 Å². The zero-order chi connectivity index (χ0) is 12.9. The summed E-state index contributed by atoms with van der Waals surface area (Å²) in [6.07, 6.45) is 2.53. The van der Waals surface area contributed by atoms with Gasteiger partial charge in [-0.1, -0.05) is 29.6 Å². The van der Waals surface area contributed by atoms with E-state index in [0.29, 0.717) is 16.8 Å². The third kappa shape index (κ3) is 4.93. The number of nitrogens with one attached hydrogen (secondary N) is 1. The molecule has 98 valence electrons. The van der Waals surface area contributed by atoms with Gasteiger partial charge in [0.2, 0.25) is 10.0 Å². The van der Waals surface area contributed by atoms with Crippen LogP contribution in [-0.2, 0) is 10.0 Å². The first kappa shape index (κ1) is 15.5. The maximum atomic E-state index is 11.8. The Balaban J connectivity index is 2.54. The lowest BCUT2D eigenvalue weighted by Gasteiger charge is -2.04. The van der Waals surface area contributed by atoms with Crippen LogP contribution in [-0.4, -0.2) is 20.8 Å². The Morgan fingerprint density at radius 1 is 1.24 bits per heavy atom. The van der Waals surface area contributed by atoms with Crippen LogP contribution in [0.2, 0.25) is 8.67 Å². The van der Waals surface area contributed by atoms with Gasteiger partial charge in [-0.3, -0.25) is 0 Å². The van der Waals surface area contributed by atoms with Crippen LogP contribution >= 0.6 is 46.1 Å². The Morgan fingerprint density at radius 2 is 1.94 bits per heavy atom. The minimum absolute atomic E-state index is 0.0477. The minimum atomic E-state index is -3.55. The van der Waals surface area contributed by atoms with Gasteiger partial charge >= 0.3 is 0 Å². The van der Waals surface area contributed by atoms with E-state index in [1.807, 2.05) is 0 Å². The maximum Gasteiger partial charge on any atom is 0.242 e. The van der Waals surface area contributed by atoms with Gasteiger partial charge in [-0.05, 0) is 18.9 Å². The summed E-state index contributed by atoms with van der Waals surface area (Å²) in [6.45, 7) is 0.378. The molecule has 0 saturated carbocycles. The zero-order valence-electron chi connectivity index (χ0n) is 8.88. The van der Waals surface area contributed by atoms with Crippen LogP contribution in [0.25, 0.3) is 0 Å². The van der Waals surface area contributed by atoms with Crippen molar-refractivity contribution in [3.8, 4) is 0 Å². The molecule has 0 aliphatic rings. The van der Waals surface area contributed by atoms with E-state index in [0.717, 1.165) is 30.6 Å². The van der Waals surface area contributed by atoms with Crippen molar-refractivity contribution in [3.05, 3.63) is 14.7 Å². The summed E-state index contributed by atoms with van der Waals surface area (Å²) in [5.74, 6) is 0.596. The van der Waals surface area contributed by atoms with Crippen molar-refractivity contribution < 1.29 is 8.42 Å². The molecule has 0 spiro atoms. The predicted molar refractivity (Wildman–Crippen MR) is 74.1 cm³/mol. The van der Waals surface area contributed by atoms with Crippen molar-refractivity contribution in [2.24, 2.45) is 0 Å². The lowest BCUT2D eigenvalue weighted by molar-refractivity contribution is 0.576. The smallest absolute Gasteiger partial charge is 0.211 e. The van der Waals surface area contributed by atoms with Crippen LogP contribution in [0.4, 0.5) is 0 Å². The monoisotopic (exact) mass is 335 g/mol. The van der Waals surface area contributed by atoms with E-state index in [4.69, 9.17) is 34.8 Å². The number of halogens is 3. The lowest BCUT2D eigenvalue weighted by Crippen LogP contribution is -2.24. The van der Waals surface area contributed by atoms with Gasteiger partial charge in [0.1, 0.15) is 9.23 Å². The first-order valence-corrected chi connectivity index (χ1v) is 8.57.